The third-order valence-electron chi connectivity index (χ3n) is 4.39. The van der Waals surface area contributed by atoms with Gasteiger partial charge < -0.3 is 9.88 Å². The molecule has 4 nitrogen and oxygen atoms in total. The van der Waals surface area contributed by atoms with E-state index < -0.39 is 0 Å². The molecule has 1 atom stereocenters. The Labute approximate surface area is 130 Å². The number of hydrogen-bond acceptors (Lipinski definition) is 3. The van der Waals surface area contributed by atoms with Gasteiger partial charge in [-0.2, -0.15) is 0 Å². The van der Waals surface area contributed by atoms with Crippen molar-refractivity contribution in [2.24, 2.45) is 5.92 Å². The Morgan fingerprint density at radius 3 is 2.86 bits per heavy atom. The minimum absolute atomic E-state index is 0.661. The predicted molar refractivity (Wildman–Crippen MR) is 88.6 cm³/mol. The van der Waals surface area contributed by atoms with Crippen LogP contribution in [-0.2, 0) is 6.54 Å². The molecule has 112 valence electrons. The first-order valence-corrected chi connectivity index (χ1v) is 7.99. The second kappa shape index (κ2) is 5.89. The summed E-state index contributed by atoms with van der Waals surface area (Å²) >= 11 is 0. The van der Waals surface area contributed by atoms with Gasteiger partial charge in [0.05, 0.1) is 11.0 Å². The summed E-state index contributed by atoms with van der Waals surface area (Å²) in [6.45, 7) is 3.24. The molecule has 1 unspecified atom stereocenters. The van der Waals surface area contributed by atoms with Crippen LogP contribution in [0.4, 0.5) is 0 Å². The number of piperidine rings is 1. The van der Waals surface area contributed by atoms with Crippen LogP contribution in [0.1, 0.15) is 12.8 Å². The number of rotatable bonds is 3. The van der Waals surface area contributed by atoms with E-state index in [1.807, 2.05) is 30.5 Å². The van der Waals surface area contributed by atoms with Gasteiger partial charge >= 0.3 is 0 Å². The highest BCUT2D eigenvalue weighted by Crippen LogP contribution is 2.25. The number of pyridine rings is 1. The molecule has 0 aliphatic carbocycles. The highest BCUT2D eigenvalue weighted by atomic mass is 15.1. The molecule has 0 amide bonds. The molecule has 4 heteroatoms. The van der Waals surface area contributed by atoms with Gasteiger partial charge in [0, 0.05) is 12.7 Å². The molecule has 3 aromatic rings. The Hall–Kier alpha value is -2.20. The molecule has 0 bridgehead atoms. The van der Waals surface area contributed by atoms with Gasteiger partial charge in [0.25, 0.3) is 0 Å². The van der Waals surface area contributed by atoms with Crippen molar-refractivity contribution in [2.45, 2.75) is 19.4 Å². The maximum Gasteiger partial charge on any atom is 0.159 e. The lowest BCUT2D eigenvalue weighted by Gasteiger charge is -2.24. The fourth-order valence-electron chi connectivity index (χ4n) is 3.29. The lowest BCUT2D eigenvalue weighted by molar-refractivity contribution is 0.341. The molecule has 0 spiro atoms. The molecule has 0 saturated carbocycles. The lowest BCUT2D eigenvalue weighted by atomic mass is 9.99. The second-order valence-electron chi connectivity index (χ2n) is 5.96. The Balaban J connectivity index is 1.79. The van der Waals surface area contributed by atoms with Crippen LogP contribution in [0.2, 0.25) is 0 Å². The molecule has 1 aliphatic heterocycles. The number of benzene rings is 1. The topological polar surface area (TPSA) is 42.7 Å². The van der Waals surface area contributed by atoms with Gasteiger partial charge in [0.15, 0.2) is 5.82 Å². The molecule has 4 rings (SSSR count). The number of para-hydroxylation sites is 2. The summed E-state index contributed by atoms with van der Waals surface area (Å²) in [5.74, 6) is 1.64. The van der Waals surface area contributed by atoms with Gasteiger partial charge in [-0.1, -0.05) is 18.2 Å². The van der Waals surface area contributed by atoms with E-state index in [0.29, 0.717) is 5.92 Å². The maximum absolute atomic E-state index is 4.83. The van der Waals surface area contributed by atoms with Gasteiger partial charge in [0.2, 0.25) is 0 Å². The summed E-state index contributed by atoms with van der Waals surface area (Å²) < 4.78 is 2.34. The zero-order chi connectivity index (χ0) is 14.8. The molecule has 1 saturated heterocycles. The van der Waals surface area contributed by atoms with Crippen molar-refractivity contribution in [3.63, 3.8) is 0 Å². The molecular formula is C18H20N4. The summed E-state index contributed by atoms with van der Waals surface area (Å²) in [5, 5.41) is 3.51. The van der Waals surface area contributed by atoms with Crippen molar-refractivity contribution in [2.75, 3.05) is 13.1 Å². The molecule has 22 heavy (non-hydrogen) atoms. The first kappa shape index (κ1) is 13.5. The average molecular weight is 292 g/mol. The zero-order valence-electron chi connectivity index (χ0n) is 12.6. The standard InChI is InChI=1S/C18H20N4/c1-2-9-17-15(7-1)21-18(16-8-3-4-11-20-16)22(17)13-14-6-5-10-19-12-14/h1-4,7-9,11,14,19H,5-6,10,12-13H2. The van der Waals surface area contributed by atoms with Crippen molar-refractivity contribution in [1.82, 2.24) is 19.9 Å². The number of nitrogens with one attached hydrogen (secondary N) is 1. The SMILES string of the molecule is c1ccc(-c2nc3ccccc3n2CC2CCCNC2)nc1. The van der Waals surface area contributed by atoms with Crippen molar-refractivity contribution in [3.8, 4) is 11.5 Å². The van der Waals surface area contributed by atoms with E-state index >= 15 is 0 Å². The van der Waals surface area contributed by atoms with Crippen LogP contribution in [0.15, 0.2) is 48.7 Å². The Kier molecular flexibility index (Phi) is 3.60. The molecule has 1 aromatic carbocycles. The van der Waals surface area contributed by atoms with E-state index in [1.54, 1.807) is 0 Å². The number of nitrogens with zero attached hydrogens (tertiary/aromatic N) is 3. The first-order valence-electron chi connectivity index (χ1n) is 7.99. The number of aromatic nitrogens is 3. The first-order chi connectivity index (χ1) is 10.9. The van der Waals surface area contributed by atoms with E-state index in [9.17, 15) is 0 Å². The Morgan fingerprint density at radius 2 is 2.05 bits per heavy atom. The van der Waals surface area contributed by atoms with Gasteiger partial charge in [-0.3, -0.25) is 4.98 Å². The van der Waals surface area contributed by atoms with Gasteiger partial charge in [-0.25, -0.2) is 4.98 Å². The fraction of sp³-hybridized carbons (Fsp3) is 0.333. The van der Waals surface area contributed by atoms with Crippen molar-refractivity contribution >= 4 is 11.0 Å². The Morgan fingerprint density at radius 1 is 1.14 bits per heavy atom. The van der Waals surface area contributed by atoms with Crippen LogP contribution < -0.4 is 5.32 Å². The van der Waals surface area contributed by atoms with Gasteiger partial charge in [-0.15, -0.1) is 0 Å². The minimum atomic E-state index is 0.661. The summed E-state index contributed by atoms with van der Waals surface area (Å²) in [6, 6.07) is 14.4. The molecule has 1 fully saturated rings. The van der Waals surface area contributed by atoms with Crippen LogP contribution in [0.3, 0.4) is 0 Å². The third-order valence-corrected chi connectivity index (χ3v) is 4.39. The van der Waals surface area contributed by atoms with E-state index in [2.05, 4.69) is 33.1 Å². The number of fused-ring (bicyclic) bond motifs is 1. The van der Waals surface area contributed by atoms with E-state index in [4.69, 9.17) is 4.98 Å². The van der Waals surface area contributed by atoms with Gasteiger partial charge in [-0.05, 0) is 56.1 Å². The van der Waals surface area contributed by atoms with Crippen molar-refractivity contribution in [3.05, 3.63) is 48.7 Å². The highest BCUT2D eigenvalue weighted by molar-refractivity contribution is 5.79. The second-order valence-corrected chi connectivity index (χ2v) is 5.96. The molecule has 2 aromatic heterocycles. The number of imidazole rings is 1. The monoisotopic (exact) mass is 292 g/mol. The smallest absolute Gasteiger partial charge is 0.159 e. The average Bonchev–Trinajstić information content (AvgIpc) is 2.95. The highest BCUT2D eigenvalue weighted by Gasteiger charge is 2.19. The largest absolute Gasteiger partial charge is 0.322 e. The van der Waals surface area contributed by atoms with E-state index in [-0.39, 0.29) is 0 Å². The van der Waals surface area contributed by atoms with E-state index in [1.165, 1.54) is 18.4 Å². The summed E-state index contributed by atoms with van der Waals surface area (Å²) in [7, 11) is 0. The van der Waals surface area contributed by atoms with Gasteiger partial charge in [0.1, 0.15) is 5.69 Å². The summed E-state index contributed by atoms with van der Waals surface area (Å²) in [6.07, 6.45) is 4.37. The quantitative estimate of drug-likeness (QED) is 0.806. The number of hydrogen-bond donors (Lipinski definition) is 1. The molecule has 0 radical (unpaired) electrons. The zero-order valence-corrected chi connectivity index (χ0v) is 12.6. The van der Waals surface area contributed by atoms with E-state index in [0.717, 1.165) is 36.7 Å². The van der Waals surface area contributed by atoms with Crippen LogP contribution >= 0.6 is 0 Å². The maximum atomic E-state index is 4.83. The lowest BCUT2D eigenvalue weighted by Crippen LogP contribution is -2.32. The predicted octanol–water partition coefficient (Wildman–Crippen LogP) is 3.10. The van der Waals surface area contributed by atoms with Crippen molar-refractivity contribution in [1.29, 1.82) is 0 Å². The molecule has 1 N–H and O–H groups in total. The minimum Gasteiger partial charge on any atom is -0.322 e. The summed E-state index contributed by atoms with van der Waals surface area (Å²) in [4.78, 5) is 9.33. The molecule has 1 aliphatic rings. The normalized spacial score (nSPS) is 18.6. The third kappa shape index (κ3) is 2.50. The Bertz CT molecular complexity index is 757. The summed E-state index contributed by atoms with van der Waals surface area (Å²) in [5.41, 5.74) is 3.20. The van der Waals surface area contributed by atoms with Crippen LogP contribution in [0.25, 0.3) is 22.6 Å². The van der Waals surface area contributed by atoms with Crippen molar-refractivity contribution < 1.29 is 0 Å². The molecular weight excluding hydrogens is 272 g/mol. The molecule has 3 heterocycles. The van der Waals surface area contributed by atoms with Crippen LogP contribution in [0.5, 0.6) is 0 Å². The van der Waals surface area contributed by atoms with Crippen LogP contribution in [-0.4, -0.2) is 27.6 Å². The fourth-order valence-corrected chi connectivity index (χ4v) is 3.29. The van der Waals surface area contributed by atoms with Crippen LogP contribution in [0, 0.1) is 5.92 Å².